The standard InChI is InChI=1S/C18H13Cl2N3O4S/c1-9-2-4-11(19)16(15(9)20)21-14(24)7-28-18-23-22-17(27-18)10-3-5-12-13(6-10)26-8-25-12/h2-6H,7-8H2,1H3,(H,21,24). The Labute approximate surface area is 174 Å². The molecule has 10 heteroatoms. The van der Waals surface area contributed by atoms with Gasteiger partial charge in [0, 0.05) is 5.56 Å². The van der Waals surface area contributed by atoms with Crippen LogP contribution in [0.25, 0.3) is 11.5 Å². The molecule has 2 aromatic carbocycles. The molecule has 2 heterocycles. The van der Waals surface area contributed by atoms with Crippen molar-refractivity contribution in [2.45, 2.75) is 12.1 Å². The third kappa shape index (κ3) is 3.89. The Balaban J connectivity index is 1.40. The summed E-state index contributed by atoms with van der Waals surface area (Å²) >= 11 is 13.4. The molecule has 1 aliphatic heterocycles. The van der Waals surface area contributed by atoms with Crippen LogP contribution in [0, 0.1) is 6.92 Å². The molecule has 144 valence electrons. The largest absolute Gasteiger partial charge is 0.454 e. The van der Waals surface area contributed by atoms with E-state index in [-0.39, 0.29) is 23.7 Å². The maximum atomic E-state index is 12.2. The first-order valence-electron chi connectivity index (χ1n) is 8.12. The van der Waals surface area contributed by atoms with Crippen molar-refractivity contribution in [3.63, 3.8) is 0 Å². The molecule has 28 heavy (non-hydrogen) atoms. The summed E-state index contributed by atoms with van der Waals surface area (Å²) in [5.74, 6) is 1.39. The van der Waals surface area contributed by atoms with E-state index < -0.39 is 0 Å². The smallest absolute Gasteiger partial charge is 0.277 e. The van der Waals surface area contributed by atoms with Gasteiger partial charge in [0.05, 0.1) is 21.5 Å². The summed E-state index contributed by atoms with van der Waals surface area (Å²) in [7, 11) is 0. The molecule has 0 saturated heterocycles. The number of aromatic nitrogens is 2. The highest BCUT2D eigenvalue weighted by Crippen LogP contribution is 2.36. The van der Waals surface area contributed by atoms with Gasteiger partial charge >= 0.3 is 0 Å². The minimum atomic E-state index is -0.290. The van der Waals surface area contributed by atoms with Crippen LogP contribution in [0.1, 0.15) is 5.56 Å². The minimum absolute atomic E-state index is 0.0589. The fraction of sp³-hybridized carbons (Fsp3) is 0.167. The molecule has 4 rings (SSSR count). The maximum absolute atomic E-state index is 12.2. The summed E-state index contributed by atoms with van der Waals surface area (Å²) in [4.78, 5) is 12.2. The van der Waals surface area contributed by atoms with Crippen LogP contribution in [-0.4, -0.2) is 28.7 Å². The fourth-order valence-corrected chi connectivity index (χ4v) is 3.52. The number of amides is 1. The second kappa shape index (κ2) is 7.90. The van der Waals surface area contributed by atoms with E-state index in [2.05, 4.69) is 15.5 Å². The van der Waals surface area contributed by atoms with Gasteiger partial charge in [-0.1, -0.05) is 41.0 Å². The molecule has 7 nitrogen and oxygen atoms in total. The highest BCUT2D eigenvalue weighted by Gasteiger charge is 2.18. The molecule has 0 radical (unpaired) electrons. The van der Waals surface area contributed by atoms with Crippen molar-refractivity contribution in [3.05, 3.63) is 45.9 Å². The molecule has 1 amide bonds. The Morgan fingerprint density at radius 2 is 2.00 bits per heavy atom. The highest BCUT2D eigenvalue weighted by molar-refractivity contribution is 7.99. The number of ether oxygens (including phenoxy) is 2. The second-order valence-corrected chi connectivity index (χ2v) is 7.54. The van der Waals surface area contributed by atoms with Crippen LogP contribution in [0.5, 0.6) is 11.5 Å². The molecule has 0 bridgehead atoms. The summed E-state index contributed by atoms with van der Waals surface area (Å²) in [5.41, 5.74) is 1.91. The molecule has 0 aliphatic carbocycles. The summed E-state index contributed by atoms with van der Waals surface area (Å²) in [6, 6.07) is 8.80. The number of halogens is 2. The van der Waals surface area contributed by atoms with Crippen LogP contribution in [-0.2, 0) is 4.79 Å². The van der Waals surface area contributed by atoms with Crippen LogP contribution in [0.3, 0.4) is 0 Å². The maximum Gasteiger partial charge on any atom is 0.277 e. The normalized spacial score (nSPS) is 12.2. The number of fused-ring (bicyclic) bond motifs is 1. The number of anilines is 1. The minimum Gasteiger partial charge on any atom is -0.454 e. The third-order valence-electron chi connectivity index (χ3n) is 3.90. The van der Waals surface area contributed by atoms with Gasteiger partial charge in [-0.05, 0) is 36.8 Å². The van der Waals surface area contributed by atoms with Gasteiger partial charge in [0.25, 0.3) is 5.22 Å². The van der Waals surface area contributed by atoms with Gasteiger partial charge in [0.1, 0.15) is 0 Å². The number of nitrogens with one attached hydrogen (secondary N) is 1. The van der Waals surface area contributed by atoms with E-state index >= 15 is 0 Å². The number of thioether (sulfide) groups is 1. The average Bonchev–Trinajstić information content (AvgIpc) is 3.35. The first-order chi connectivity index (χ1) is 13.5. The van der Waals surface area contributed by atoms with E-state index in [1.54, 1.807) is 30.3 Å². The van der Waals surface area contributed by atoms with Crippen LogP contribution in [0.4, 0.5) is 5.69 Å². The van der Waals surface area contributed by atoms with Gasteiger partial charge in [-0.15, -0.1) is 10.2 Å². The van der Waals surface area contributed by atoms with Gasteiger partial charge in [0.15, 0.2) is 11.5 Å². The summed E-state index contributed by atoms with van der Waals surface area (Å²) in [5, 5.41) is 11.7. The van der Waals surface area contributed by atoms with Crippen molar-refractivity contribution in [1.29, 1.82) is 0 Å². The molecule has 0 saturated carbocycles. The predicted octanol–water partition coefficient (Wildman–Crippen LogP) is 4.81. The topological polar surface area (TPSA) is 86.5 Å². The molecule has 0 unspecified atom stereocenters. The number of carbonyl (C=O) groups excluding carboxylic acids is 1. The van der Waals surface area contributed by atoms with E-state index in [0.717, 1.165) is 17.3 Å². The van der Waals surface area contributed by atoms with Crippen molar-refractivity contribution in [2.75, 3.05) is 17.9 Å². The Morgan fingerprint density at radius 3 is 2.86 bits per heavy atom. The third-order valence-corrected chi connectivity index (χ3v) is 5.52. The number of carbonyl (C=O) groups is 1. The van der Waals surface area contributed by atoms with E-state index in [4.69, 9.17) is 37.1 Å². The van der Waals surface area contributed by atoms with Gasteiger partial charge in [-0.2, -0.15) is 0 Å². The quantitative estimate of drug-likeness (QED) is 0.572. The lowest BCUT2D eigenvalue weighted by Gasteiger charge is -2.10. The zero-order valence-electron chi connectivity index (χ0n) is 14.5. The molecule has 0 atom stereocenters. The number of nitrogens with zero attached hydrogens (tertiary/aromatic N) is 2. The van der Waals surface area contributed by atoms with E-state index in [9.17, 15) is 4.79 Å². The summed E-state index contributed by atoms with van der Waals surface area (Å²) in [6.45, 7) is 2.02. The van der Waals surface area contributed by atoms with E-state index in [1.165, 1.54) is 0 Å². The van der Waals surface area contributed by atoms with Crippen LogP contribution in [0.2, 0.25) is 10.0 Å². The highest BCUT2D eigenvalue weighted by atomic mass is 35.5. The Bertz CT molecular complexity index is 1060. The van der Waals surface area contributed by atoms with Crippen molar-refractivity contribution in [1.82, 2.24) is 10.2 Å². The molecule has 0 fully saturated rings. The fourth-order valence-electron chi connectivity index (χ4n) is 2.49. The number of aryl methyl sites for hydroxylation is 1. The van der Waals surface area contributed by atoms with Crippen molar-refractivity contribution < 1.29 is 18.7 Å². The zero-order chi connectivity index (χ0) is 19.7. The number of hydrogen-bond donors (Lipinski definition) is 1. The first kappa shape index (κ1) is 18.9. The van der Waals surface area contributed by atoms with Crippen molar-refractivity contribution in [3.8, 4) is 23.0 Å². The molecule has 1 aliphatic rings. The Kier molecular flexibility index (Phi) is 5.34. The summed E-state index contributed by atoms with van der Waals surface area (Å²) in [6.07, 6.45) is 0. The van der Waals surface area contributed by atoms with Gasteiger partial charge < -0.3 is 19.2 Å². The predicted molar refractivity (Wildman–Crippen MR) is 106 cm³/mol. The van der Waals surface area contributed by atoms with Crippen LogP contribution in [0.15, 0.2) is 40.0 Å². The molecular formula is C18H13Cl2N3O4S. The Hall–Kier alpha value is -2.42. The van der Waals surface area contributed by atoms with E-state index in [1.807, 2.05) is 6.92 Å². The average molecular weight is 438 g/mol. The van der Waals surface area contributed by atoms with Gasteiger partial charge in [-0.3, -0.25) is 4.79 Å². The Morgan fingerprint density at radius 1 is 1.18 bits per heavy atom. The van der Waals surface area contributed by atoms with Gasteiger partial charge in [-0.25, -0.2) is 0 Å². The SMILES string of the molecule is Cc1ccc(Cl)c(NC(=O)CSc2nnc(-c3ccc4c(c3)OCO4)o2)c1Cl. The summed E-state index contributed by atoms with van der Waals surface area (Å²) < 4.78 is 16.2. The number of benzene rings is 2. The molecule has 0 spiro atoms. The van der Waals surface area contributed by atoms with Crippen LogP contribution >= 0.6 is 35.0 Å². The molecule has 3 aromatic rings. The molecule has 1 N–H and O–H groups in total. The molecule has 1 aromatic heterocycles. The van der Waals surface area contributed by atoms with Gasteiger partial charge in [0.2, 0.25) is 18.6 Å². The second-order valence-electron chi connectivity index (χ2n) is 5.83. The zero-order valence-corrected chi connectivity index (χ0v) is 16.8. The number of hydrogen-bond acceptors (Lipinski definition) is 7. The van der Waals surface area contributed by atoms with E-state index in [0.29, 0.717) is 38.7 Å². The monoisotopic (exact) mass is 437 g/mol. The van der Waals surface area contributed by atoms with Crippen molar-refractivity contribution in [2.24, 2.45) is 0 Å². The first-order valence-corrected chi connectivity index (χ1v) is 9.86. The lowest BCUT2D eigenvalue weighted by Crippen LogP contribution is -2.15. The number of rotatable bonds is 5. The molecular weight excluding hydrogens is 425 g/mol. The van der Waals surface area contributed by atoms with Crippen LogP contribution < -0.4 is 14.8 Å². The lowest BCUT2D eigenvalue weighted by atomic mass is 10.2. The van der Waals surface area contributed by atoms with Crippen molar-refractivity contribution >= 4 is 46.6 Å². The lowest BCUT2D eigenvalue weighted by molar-refractivity contribution is -0.113.